The fourth-order valence-electron chi connectivity index (χ4n) is 2.42. The van der Waals surface area contributed by atoms with Crippen LogP contribution in [0.15, 0.2) is 12.1 Å². The largest absolute Gasteiger partial charge is 0.382 e. The van der Waals surface area contributed by atoms with Gasteiger partial charge in [0.15, 0.2) is 0 Å². The summed E-state index contributed by atoms with van der Waals surface area (Å²) in [5, 5.41) is 3.64. The molecule has 0 bridgehead atoms. The first-order valence-corrected chi connectivity index (χ1v) is 6.24. The molecule has 0 saturated heterocycles. The van der Waals surface area contributed by atoms with E-state index >= 15 is 0 Å². The SMILES string of the molecule is Cc1cc(C)c(NC(C)CC(C)C)c(C)c1. The lowest BCUT2D eigenvalue weighted by molar-refractivity contribution is 0.539. The molecular weight excluding hydrogens is 194 g/mol. The smallest absolute Gasteiger partial charge is 0.0401 e. The number of benzene rings is 1. The molecule has 0 spiro atoms. The van der Waals surface area contributed by atoms with Crippen LogP contribution in [0.5, 0.6) is 0 Å². The van der Waals surface area contributed by atoms with Gasteiger partial charge in [0.1, 0.15) is 0 Å². The molecule has 1 heteroatoms. The molecular formula is C15H25N. The number of hydrogen-bond acceptors (Lipinski definition) is 1. The number of nitrogens with one attached hydrogen (secondary N) is 1. The topological polar surface area (TPSA) is 12.0 Å². The van der Waals surface area contributed by atoms with Crippen LogP contribution >= 0.6 is 0 Å². The minimum Gasteiger partial charge on any atom is -0.382 e. The molecule has 0 fully saturated rings. The Labute approximate surface area is 100 Å². The summed E-state index contributed by atoms with van der Waals surface area (Å²) in [5.74, 6) is 0.744. The maximum absolute atomic E-state index is 3.64. The van der Waals surface area contributed by atoms with Gasteiger partial charge in [-0.3, -0.25) is 0 Å². The molecule has 0 radical (unpaired) electrons. The molecule has 0 aliphatic heterocycles. The Morgan fingerprint density at radius 3 is 1.94 bits per heavy atom. The first-order valence-electron chi connectivity index (χ1n) is 6.24. The monoisotopic (exact) mass is 219 g/mol. The van der Waals surface area contributed by atoms with E-state index < -0.39 is 0 Å². The van der Waals surface area contributed by atoms with Crippen LogP contribution in [0.2, 0.25) is 0 Å². The summed E-state index contributed by atoms with van der Waals surface area (Å²) in [7, 11) is 0. The van der Waals surface area contributed by atoms with Crippen molar-refractivity contribution in [1.29, 1.82) is 0 Å². The van der Waals surface area contributed by atoms with E-state index in [4.69, 9.17) is 0 Å². The summed E-state index contributed by atoms with van der Waals surface area (Å²) in [5.41, 5.74) is 5.37. The second kappa shape index (κ2) is 5.38. The molecule has 0 aromatic heterocycles. The highest BCUT2D eigenvalue weighted by atomic mass is 14.9. The number of rotatable bonds is 4. The Balaban J connectivity index is 2.81. The standard InChI is InChI=1S/C15H25N/c1-10(2)7-14(6)16-15-12(4)8-11(3)9-13(15)5/h8-10,14,16H,7H2,1-6H3. The highest BCUT2D eigenvalue weighted by Gasteiger charge is 2.08. The zero-order chi connectivity index (χ0) is 12.3. The summed E-state index contributed by atoms with van der Waals surface area (Å²) < 4.78 is 0. The second-order valence-corrected chi connectivity index (χ2v) is 5.45. The van der Waals surface area contributed by atoms with Crippen molar-refractivity contribution in [2.75, 3.05) is 5.32 Å². The maximum atomic E-state index is 3.64. The molecule has 1 N–H and O–H groups in total. The van der Waals surface area contributed by atoms with Crippen LogP contribution in [0.3, 0.4) is 0 Å². The lowest BCUT2D eigenvalue weighted by Gasteiger charge is -2.21. The van der Waals surface area contributed by atoms with E-state index in [9.17, 15) is 0 Å². The van der Waals surface area contributed by atoms with Gasteiger partial charge in [0.25, 0.3) is 0 Å². The predicted octanol–water partition coefficient (Wildman–Crippen LogP) is 4.46. The minimum absolute atomic E-state index is 0.542. The second-order valence-electron chi connectivity index (χ2n) is 5.45. The first kappa shape index (κ1) is 13.1. The molecule has 1 atom stereocenters. The molecule has 0 amide bonds. The zero-order valence-electron chi connectivity index (χ0n) is 11.5. The minimum atomic E-state index is 0.542. The van der Waals surface area contributed by atoms with Gasteiger partial charge in [-0.15, -0.1) is 0 Å². The van der Waals surface area contributed by atoms with Crippen LogP contribution in [0.1, 0.15) is 43.9 Å². The Bertz CT molecular complexity index is 329. The molecule has 0 saturated carbocycles. The van der Waals surface area contributed by atoms with Gasteiger partial charge in [-0.2, -0.15) is 0 Å². The van der Waals surface area contributed by atoms with Crippen LogP contribution < -0.4 is 5.32 Å². The molecule has 1 nitrogen and oxygen atoms in total. The lowest BCUT2D eigenvalue weighted by atomic mass is 10.0. The van der Waals surface area contributed by atoms with Gasteiger partial charge >= 0.3 is 0 Å². The van der Waals surface area contributed by atoms with Crippen LogP contribution in [-0.2, 0) is 0 Å². The van der Waals surface area contributed by atoms with Gasteiger partial charge in [-0.1, -0.05) is 31.5 Å². The molecule has 90 valence electrons. The Hall–Kier alpha value is -0.980. The van der Waals surface area contributed by atoms with E-state index in [1.807, 2.05) is 0 Å². The number of hydrogen-bond donors (Lipinski definition) is 1. The van der Waals surface area contributed by atoms with Crippen molar-refractivity contribution in [2.24, 2.45) is 5.92 Å². The van der Waals surface area contributed by atoms with Crippen LogP contribution in [0.4, 0.5) is 5.69 Å². The lowest BCUT2D eigenvalue weighted by Crippen LogP contribution is -2.18. The number of aryl methyl sites for hydroxylation is 3. The maximum Gasteiger partial charge on any atom is 0.0401 e. The van der Waals surface area contributed by atoms with Gasteiger partial charge in [-0.25, -0.2) is 0 Å². The molecule has 1 rings (SSSR count). The fraction of sp³-hybridized carbons (Fsp3) is 0.600. The van der Waals surface area contributed by atoms with Gasteiger partial charge < -0.3 is 5.32 Å². The van der Waals surface area contributed by atoms with E-state index in [0.717, 1.165) is 5.92 Å². The summed E-state index contributed by atoms with van der Waals surface area (Å²) in [6, 6.07) is 5.04. The van der Waals surface area contributed by atoms with E-state index in [2.05, 4.69) is 59.0 Å². The van der Waals surface area contributed by atoms with Crippen molar-refractivity contribution in [3.05, 3.63) is 28.8 Å². The van der Waals surface area contributed by atoms with Crippen molar-refractivity contribution in [2.45, 2.75) is 54.0 Å². The molecule has 16 heavy (non-hydrogen) atoms. The summed E-state index contributed by atoms with van der Waals surface area (Å²) in [4.78, 5) is 0. The van der Waals surface area contributed by atoms with Gasteiger partial charge in [0, 0.05) is 11.7 Å². The van der Waals surface area contributed by atoms with Crippen molar-refractivity contribution in [3.63, 3.8) is 0 Å². The van der Waals surface area contributed by atoms with E-state index in [-0.39, 0.29) is 0 Å². The van der Waals surface area contributed by atoms with Crippen molar-refractivity contribution < 1.29 is 0 Å². The van der Waals surface area contributed by atoms with E-state index in [1.165, 1.54) is 28.8 Å². The predicted molar refractivity (Wildman–Crippen MR) is 73.2 cm³/mol. The molecule has 0 aliphatic carbocycles. The Morgan fingerprint density at radius 2 is 1.50 bits per heavy atom. The van der Waals surface area contributed by atoms with Crippen molar-refractivity contribution in [3.8, 4) is 0 Å². The molecule has 0 heterocycles. The average molecular weight is 219 g/mol. The van der Waals surface area contributed by atoms with Gasteiger partial charge in [0.2, 0.25) is 0 Å². The third kappa shape index (κ3) is 3.55. The molecule has 0 aliphatic rings. The first-order chi connectivity index (χ1) is 7.40. The molecule has 1 unspecified atom stereocenters. The average Bonchev–Trinajstić information content (AvgIpc) is 2.09. The van der Waals surface area contributed by atoms with Gasteiger partial charge in [-0.05, 0) is 51.2 Å². The summed E-state index contributed by atoms with van der Waals surface area (Å²) in [6.07, 6.45) is 1.22. The highest BCUT2D eigenvalue weighted by Crippen LogP contribution is 2.23. The highest BCUT2D eigenvalue weighted by molar-refractivity contribution is 5.58. The number of anilines is 1. The van der Waals surface area contributed by atoms with Crippen LogP contribution in [0.25, 0.3) is 0 Å². The zero-order valence-corrected chi connectivity index (χ0v) is 11.5. The van der Waals surface area contributed by atoms with E-state index in [0.29, 0.717) is 6.04 Å². The van der Waals surface area contributed by atoms with Crippen molar-refractivity contribution >= 4 is 5.69 Å². The third-order valence-corrected chi connectivity index (χ3v) is 2.89. The molecule has 1 aromatic rings. The van der Waals surface area contributed by atoms with Crippen molar-refractivity contribution in [1.82, 2.24) is 0 Å². The third-order valence-electron chi connectivity index (χ3n) is 2.89. The summed E-state index contributed by atoms with van der Waals surface area (Å²) >= 11 is 0. The summed E-state index contributed by atoms with van der Waals surface area (Å²) in [6.45, 7) is 13.3. The fourth-order valence-corrected chi connectivity index (χ4v) is 2.42. The Morgan fingerprint density at radius 1 is 1.00 bits per heavy atom. The molecule has 1 aromatic carbocycles. The Kier molecular flexibility index (Phi) is 4.40. The quantitative estimate of drug-likeness (QED) is 0.788. The van der Waals surface area contributed by atoms with E-state index in [1.54, 1.807) is 0 Å². The van der Waals surface area contributed by atoms with Crippen LogP contribution in [-0.4, -0.2) is 6.04 Å². The van der Waals surface area contributed by atoms with Gasteiger partial charge in [0.05, 0.1) is 0 Å². The van der Waals surface area contributed by atoms with Crippen LogP contribution in [0, 0.1) is 26.7 Å². The normalized spacial score (nSPS) is 12.9.